The Morgan fingerprint density at radius 2 is 1.70 bits per heavy atom. The Labute approximate surface area is 459 Å². The molecule has 2 aromatic rings. The van der Waals surface area contributed by atoms with Crippen LogP contribution in [0.25, 0.3) is 10.9 Å². The van der Waals surface area contributed by atoms with Crippen molar-refractivity contribution in [3.63, 3.8) is 0 Å². The molecule has 3 saturated carbocycles. The molecule has 14 atom stereocenters. The van der Waals surface area contributed by atoms with Crippen LogP contribution in [0.4, 0.5) is 0 Å². The Hall–Kier alpha value is -4.13. The fourth-order valence-electron chi connectivity index (χ4n) is 14.5. The van der Waals surface area contributed by atoms with Crippen LogP contribution in [0.5, 0.6) is 0 Å². The van der Waals surface area contributed by atoms with E-state index in [9.17, 15) is 34.2 Å². The van der Waals surface area contributed by atoms with Gasteiger partial charge in [-0.2, -0.15) is 0 Å². The van der Waals surface area contributed by atoms with E-state index in [1.54, 1.807) is 11.8 Å². The lowest BCUT2D eigenvalue weighted by atomic mass is 9.47. The second kappa shape index (κ2) is 27.8. The zero-order valence-electron chi connectivity index (χ0n) is 47.4. The molecule has 3 unspecified atom stereocenters. The lowest BCUT2D eigenvalue weighted by molar-refractivity contribution is -0.274. The van der Waals surface area contributed by atoms with Gasteiger partial charge in [0.15, 0.2) is 12.1 Å². The van der Waals surface area contributed by atoms with Crippen LogP contribution in [-0.4, -0.2) is 140 Å². The highest BCUT2D eigenvalue weighted by atomic mass is 16.7. The van der Waals surface area contributed by atoms with Crippen molar-refractivity contribution in [1.29, 1.82) is 0 Å². The third-order valence-corrected chi connectivity index (χ3v) is 19.1. The second-order valence-electron chi connectivity index (χ2n) is 24.5. The number of amides is 3. The van der Waals surface area contributed by atoms with Gasteiger partial charge in [0.2, 0.25) is 17.7 Å². The van der Waals surface area contributed by atoms with Gasteiger partial charge in [0, 0.05) is 75.6 Å². The van der Waals surface area contributed by atoms with Gasteiger partial charge in [-0.05, 0) is 109 Å². The summed E-state index contributed by atoms with van der Waals surface area (Å²) in [6.45, 7) is 14.0. The predicted octanol–water partition coefficient (Wildman–Crippen LogP) is 7.08. The molecule has 1 radical (unpaired) electrons. The number of para-hydroxylation sites is 1. The first-order chi connectivity index (χ1) is 36.8. The molecule has 4 aliphatic carbocycles. The third kappa shape index (κ3) is 15.2. The number of aromatic nitrogens is 1. The number of ether oxygens (including phenoxy) is 4. The highest BCUT2D eigenvalue weighted by Gasteiger charge is 2.59. The van der Waals surface area contributed by atoms with Crippen LogP contribution in [0.3, 0.4) is 0 Å². The summed E-state index contributed by atoms with van der Waals surface area (Å²) in [5.74, 6) is 2.51. The van der Waals surface area contributed by atoms with Crippen molar-refractivity contribution in [2.75, 3.05) is 46.5 Å². The molecule has 0 bridgehead atoms. The minimum absolute atomic E-state index is 0.0394. The minimum atomic E-state index is -1.19. The van der Waals surface area contributed by atoms with Crippen molar-refractivity contribution < 1.29 is 53.1 Å². The molecule has 1 aliphatic heterocycles. The fourth-order valence-corrected chi connectivity index (χ4v) is 14.5. The average Bonchev–Trinajstić information content (AvgIpc) is 3.99. The summed E-state index contributed by atoms with van der Waals surface area (Å²) >= 11 is 0. The number of H-pyrrole nitrogens is 1. The summed E-state index contributed by atoms with van der Waals surface area (Å²) < 4.78 is 22.5. The standard InChI is InChI=1S/C60H93BN5O11/c1-37(2)11-10-12-38(3)45-17-18-46-44-16-15-41-32-42(21-24-59(41,5)47(44)22-25-60(45,46)6)76-55(71)20-19-52(68)63-28-30-66(29-27-61-26-23-53(69)65-34-51-39(4)56(72)57(73)58(74-7)77-51)54(70)36-75-35-50(67)48(62)31-40-33-64-49-14-9-8-13-43(40)49/h8-9,13-15,33,37-39,42,44-48,51,56-58,64,72-73H,10-12,16-32,34-36,62H2,1-7H3,(H,63,68)(H,65,69)/t38-,39-,42?,44+,45-,46+,47+,48-,51?,56-,57-,58?,59+,60-/m0/s1. The summed E-state index contributed by atoms with van der Waals surface area (Å²) in [6, 6.07) is 6.94. The van der Waals surface area contributed by atoms with E-state index in [4.69, 9.17) is 24.7 Å². The number of hydrogen-bond donors (Lipinski definition) is 6. The van der Waals surface area contributed by atoms with Crippen molar-refractivity contribution in [3.05, 3.63) is 47.7 Å². The van der Waals surface area contributed by atoms with Crippen molar-refractivity contribution >= 4 is 47.7 Å². The number of carbonyl (C=O) groups is 5. The minimum Gasteiger partial charge on any atom is -0.462 e. The van der Waals surface area contributed by atoms with E-state index in [1.165, 1.54) is 57.6 Å². The zero-order valence-corrected chi connectivity index (χ0v) is 47.4. The number of hydrogen-bond acceptors (Lipinski definition) is 12. The van der Waals surface area contributed by atoms with E-state index in [0.717, 1.165) is 71.7 Å². The highest BCUT2D eigenvalue weighted by Crippen LogP contribution is 2.67. The maximum Gasteiger partial charge on any atom is 0.306 e. The molecule has 1 aromatic carbocycles. The smallest absolute Gasteiger partial charge is 0.306 e. The number of aromatic amines is 1. The van der Waals surface area contributed by atoms with Gasteiger partial charge in [0.05, 0.1) is 24.7 Å². The Kier molecular flexibility index (Phi) is 21.9. The van der Waals surface area contributed by atoms with Gasteiger partial charge in [-0.1, -0.05) is 103 Å². The zero-order chi connectivity index (χ0) is 55.4. The number of aliphatic hydroxyl groups is 2. The molecule has 2 heterocycles. The van der Waals surface area contributed by atoms with Crippen LogP contribution < -0.4 is 16.4 Å². The SMILES string of the molecule is COC1OC(CNC(=O)CC[B]CCN(CCNC(=O)CCC(=O)OC2CC[C@]3(C)C(=CC[C@@H]4[C@H]5CC[C@@H]([C@@H](C)CCCC(C)C)[C@]5(C)CC[C@H]43)C2)C(=O)COCC(=O)[C@@H](N)Cc2c[nH]c3ccccc23)[C@H](C)[C@H](O)[C@@H]1O. The quantitative estimate of drug-likeness (QED) is 0.0217. The molecule has 1 saturated heterocycles. The van der Waals surface area contributed by atoms with Crippen molar-refractivity contribution in [2.24, 2.45) is 58.0 Å². The first-order valence-electron chi connectivity index (χ1n) is 29.3. The summed E-state index contributed by atoms with van der Waals surface area (Å²) in [4.78, 5) is 70.3. The molecule has 77 heavy (non-hydrogen) atoms. The molecule has 7 N–H and O–H groups in total. The van der Waals surface area contributed by atoms with E-state index in [0.29, 0.717) is 30.4 Å². The van der Waals surface area contributed by atoms with Crippen LogP contribution in [-0.2, 0) is 49.3 Å². The number of rotatable bonds is 28. The van der Waals surface area contributed by atoms with Crippen LogP contribution >= 0.6 is 0 Å². The van der Waals surface area contributed by atoms with Crippen LogP contribution in [0.2, 0.25) is 12.6 Å². The second-order valence-corrected chi connectivity index (χ2v) is 24.5. The molecule has 427 valence electrons. The van der Waals surface area contributed by atoms with E-state index in [-0.39, 0.29) is 99.6 Å². The number of aliphatic hydroxyl groups excluding tert-OH is 2. The number of allylic oxidation sites excluding steroid dienone is 1. The number of benzene rings is 1. The van der Waals surface area contributed by atoms with Gasteiger partial charge in [-0.3, -0.25) is 24.0 Å². The number of nitrogens with zero attached hydrogens (tertiary/aromatic N) is 1. The topological polar surface area (TPSA) is 232 Å². The van der Waals surface area contributed by atoms with Gasteiger partial charge in [-0.15, -0.1) is 0 Å². The van der Waals surface area contributed by atoms with E-state index >= 15 is 0 Å². The summed E-state index contributed by atoms with van der Waals surface area (Å²) in [7, 11) is 3.28. The molecule has 1 aromatic heterocycles. The van der Waals surface area contributed by atoms with E-state index < -0.39 is 36.6 Å². The number of fused-ring (bicyclic) bond motifs is 6. The van der Waals surface area contributed by atoms with Crippen LogP contribution in [0, 0.1) is 52.3 Å². The number of ketones is 1. The molecular formula is C60H93BN5O11. The largest absolute Gasteiger partial charge is 0.462 e. The molecule has 17 heteroatoms. The Morgan fingerprint density at radius 3 is 2.48 bits per heavy atom. The van der Waals surface area contributed by atoms with Crippen molar-refractivity contribution in [2.45, 2.75) is 187 Å². The maximum atomic E-state index is 13.6. The number of esters is 1. The first kappa shape index (κ1) is 60.5. The maximum absolute atomic E-state index is 13.6. The molecule has 0 spiro atoms. The lowest BCUT2D eigenvalue weighted by Gasteiger charge is -2.58. The monoisotopic (exact) mass is 1070 g/mol. The molecule has 3 amide bonds. The average molecular weight is 1070 g/mol. The van der Waals surface area contributed by atoms with E-state index in [1.807, 2.05) is 37.7 Å². The van der Waals surface area contributed by atoms with E-state index in [2.05, 4.69) is 56.3 Å². The number of carbonyl (C=O) groups excluding carboxylic acids is 5. The van der Waals surface area contributed by atoms with Crippen LogP contribution in [0.1, 0.15) is 137 Å². The Bertz CT molecular complexity index is 2330. The highest BCUT2D eigenvalue weighted by molar-refractivity contribution is 6.36. The molecule has 4 fully saturated rings. The van der Waals surface area contributed by atoms with Crippen molar-refractivity contribution in [1.82, 2.24) is 20.5 Å². The van der Waals surface area contributed by atoms with Gasteiger partial charge in [0.1, 0.15) is 32.7 Å². The molecule has 16 nitrogen and oxygen atoms in total. The van der Waals surface area contributed by atoms with Gasteiger partial charge in [0.25, 0.3) is 0 Å². The summed E-state index contributed by atoms with van der Waals surface area (Å²) in [6.07, 6.45) is 14.8. The molecule has 5 aliphatic rings. The predicted molar refractivity (Wildman–Crippen MR) is 297 cm³/mol. The first-order valence-corrected chi connectivity index (χ1v) is 29.3. The summed E-state index contributed by atoms with van der Waals surface area (Å²) in [5, 5.41) is 27.2. The fraction of sp³-hybridized carbons (Fsp3) is 0.750. The summed E-state index contributed by atoms with van der Waals surface area (Å²) in [5.41, 5.74) is 10.2. The van der Waals surface area contributed by atoms with Crippen LogP contribution in [0.15, 0.2) is 42.1 Å². The van der Waals surface area contributed by atoms with Gasteiger partial charge in [-0.25, -0.2) is 0 Å². The normalized spacial score (nSPS) is 30.6. The van der Waals surface area contributed by atoms with Gasteiger partial charge >= 0.3 is 5.97 Å². The number of nitrogens with one attached hydrogen (secondary N) is 3. The van der Waals surface area contributed by atoms with Gasteiger partial charge < -0.3 is 55.4 Å². The number of methoxy groups -OCH3 is 1. The number of Topliss-reactive ketones (excluding diaryl/α,β-unsaturated/α-hetero) is 1. The number of nitrogens with two attached hydrogens (primary N) is 1. The lowest BCUT2D eigenvalue weighted by Crippen LogP contribution is -2.56. The van der Waals surface area contributed by atoms with Crippen molar-refractivity contribution in [3.8, 4) is 0 Å². The third-order valence-electron chi connectivity index (χ3n) is 19.1. The molecule has 7 rings (SSSR count). The molecular weight excluding hydrogens is 977 g/mol. The Balaban J connectivity index is 0.836. The Morgan fingerprint density at radius 1 is 0.922 bits per heavy atom.